The SMILES string of the molecule is CCC(C)[C@H](NC(=O)[C@H](Cc1ccc(O)cc1)NC(C)=O)C(=O)N[C@@H](CCC(N)=O)C(=O)NCc1ccc(CNC(=O)CN2CCN(CC(=O)O)CCN(CC(=O)O)CCN(CC(=O)O)CC2)cc1. The van der Waals surface area contributed by atoms with E-state index in [-0.39, 0.29) is 123 Å². The topological polar surface area (TPSA) is 334 Å². The van der Waals surface area contributed by atoms with Crippen LogP contribution in [0.2, 0.25) is 0 Å². The minimum Gasteiger partial charge on any atom is -0.508 e. The fourth-order valence-electron chi connectivity index (χ4n) is 7.43. The molecule has 2 aromatic carbocycles. The van der Waals surface area contributed by atoms with E-state index in [0.29, 0.717) is 17.5 Å². The molecule has 0 radical (unpaired) electrons. The number of phenols is 1. The molecule has 1 aliphatic rings. The van der Waals surface area contributed by atoms with Crippen molar-refractivity contribution in [3.63, 3.8) is 0 Å². The first-order valence-corrected chi connectivity index (χ1v) is 22.8. The van der Waals surface area contributed by atoms with Gasteiger partial charge < -0.3 is 52.7 Å². The fraction of sp³-hybridized carbons (Fsp3) is 0.543. The van der Waals surface area contributed by atoms with Crippen molar-refractivity contribution in [3.05, 3.63) is 65.2 Å². The number of carbonyl (C=O) groups is 9. The van der Waals surface area contributed by atoms with Crippen molar-refractivity contribution < 1.29 is 63.6 Å². The number of phenolic OH excluding ortho intramolecular Hbond substituents is 1. The fourth-order valence-corrected chi connectivity index (χ4v) is 7.43. The number of nitrogens with two attached hydrogens (primary N) is 1. The van der Waals surface area contributed by atoms with E-state index in [1.165, 1.54) is 19.1 Å². The quantitative estimate of drug-likeness (QED) is 0.0521. The van der Waals surface area contributed by atoms with Crippen LogP contribution in [0.15, 0.2) is 48.5 Å². The molecular weight excluding hydrogens is 901 g/mol. The number of hydrogen-bond donors (Lipinski definition) is 10. The van der Waals surface area contributed by atoms with Crippen LogP contribution in [0.3, 0.4) is 0 Å². The number of aliphatic carboxylic acids is 3. The van der Waals surface area contributed by atoms with Crippen LogP contribution in [0, 0.1) is 5.92 Å². The van der Waals surface area contributed by atoms with E-state index in [4.69, 9.17) is 5.73 Å². The van der Waals surface area contributed by atoms with E-state index < -0.39 is 71.5 Å². The molecule has 1 saturated heterocycles. The van der Waals surface area contributed by atoms with Crippen molar-refractivity contribution in [3.8, 4) is 5.75 Å². The first-order chi connectivity index (χ1) is 32.7. The van der Waals surface area contributed by atoms with Gasteiger partial charge in [0.1, 0.15) is 23.9 Å². The largest absolute Gasteiger partial charge is 0.508 e. The van der Waals surface area contributed by atoms with Gasteiger partial charge in [-0.15, -0.1) is 0 Å². The van der Waals surface area contributed by atoms with Crippen molar-refractivity contribution in [2.75, 3.05) is 78.5 Å². The molecule has 69 heavy (non-hydrogen) atoms. The smallest absolute Gasteiger partial charge is 0.317 e. The normalized spacial score (nSPS) is 16.2. The second-order valence-corrected chi connectivity index (χ2v) is 17.2. The van der Waals surface area contributed by atoms with Gasteiger partial charge in [0.05, 0.1) is 26.2 Å². The van der Waals surface area contributed by atoms with Crippen molar-refractivity contribution in [2.45, 2.75) is 77.7 Å². The Hall–Kier alpha value is -6.69. The Balaban J connectivity index is 1.62. The van der Waals surface area contributed by atoms with Gasteiger partial charge in [0, 0.05) is 85.2 Å². The van der Waals surface area contributed by atoms with Crippen molar-refractivity contribution >= 4 is 53.4 Å². The highest BCUT2D eigenvalue weighted by Crippen LogP contribution is 2.14. The molecule has 0 aliphatic carbocycles. The maximum atomic E-state index is 13.8. The van der Waals surface area contributed by atoms with E-state index >= 15 is 0 Å². The lowest BCUT2D eigenvalue weighted by molar-refractivity contribution is -0.140. The Morgan fingerprint density at radius 3 is 1.43 bits per heavy atom. The lowest BCUT2D eigenvalue weighted by atomic mass is 9.96. The van der Waals surface area contributed by atoms with Crippen LogP contribution in [-0.4, -0.2) is 190 Å². The number of rotatable bonds is 25. The highest BCUT2D eigenvalue weighted by atomic mass is 16.4. The molecule has 0 aromatic heterocycles. The molecule has 2 aromatic rings. The lowest BCUT2D eigenvalue weighted by Crippen LogP contribution is -2.58. The molecule has 1 heterocycles. The first-order valence-electron chi connectivity index (χ1n) is 22.8. The van der Waals surface area contributed by atoms with Crippen LogP contribution in [0.25, 0.3) is 0 Å². The molecule has 0 bridgehead atoms. The summed E-state index contributed by atoms with van der Waals surface area (Å²) in [5, 5.41) is 51.7. The summed E-state index contributed by atoms with van der Waals surface area (Å²) in [5.74, 6) is -7.00. The molecule has 23 heteroatoms. The summed E-state index contributed by atoms with van der Waals surface area (Å²) in [4.78, 5) is 119. The van der Waals surface area contributed by atoms with E-state index in [9.17, 15) is 63.6 Å². The van der Waals surface area contributed by atoms with Crippen LogP contribution >= 0.6 is 0 Å². The van der Waals surface area contributed by atoms with Crippen LogP contribution in [-0.2, 0) is 62.7 Å². The predicted octanol–water partition coefficient (Wildman–Crippen LogP) is -1.87. The van der Waals surface area contributed by atoms with Gasteiger partial charge in [-0.25, -0.2) is 0 Å². The average molecular weight is 969 g/mol. The Bertz CT molecular complexity index is 2020. The van der Waals surface area contributed by atoms with Crippen molar-refractivity contribution in [2.24, 2.45) is 11.7 Å². The standard InChI is InChI=1S/C46H68N10O13/c1-4-30(2)43(52-45(68)37(50-31(3)57)23-32-9-11-35(58)12-10-32)46(69)51-36(13-14-38(47)59)44(67)49-25-34-7-5-33(6-8-34)24-48-39(60)26-53-15-17-54(27-40(61)62)19-21-56(29-42(65)66)22-20-55(18-16-53)28-41(63)64/h5-12,30,36-37,43,58H,4,13-29H2,1-3H3,(H2,47,59)(H,48,60)(H,49,67)(H,50,57)(H,51,69)(H,52,68)(H,61,62)(H,63,64)(H,65,66)/t30?,36-,37-,43-/m0/s1. The molecule has 3 rings (SSSR count). The highest BCUT2D eigenvalue weighted by Gasteiger charge is 2.32. The second kappa shape index (κ2) is 29.3. The minimum absolute atomic E-state index is 0.0261. The van der Waals surface area contributed by atoms with Gasteiger partial charge in [-0.1, -0.05) is 56.7 Å². The number of primary amides is 1. The molecule has 11 N–H and O–H groups in total. The minimum atomic E-state index is -1.21. The van der Waals surface area contributed by atoms with Gasteiger partial charge in [-0.05, 0) is 41.2 Å². The summed E-state index contributed by atoms with van der Waals surface area (Å²) in [7, 11) is 0. The number of amides is 6. The zero-order chi connectivity index (χ0) is 51.0. The predicted molar refractivity (Wildman–Crippen MR) is 250 cm³/mol. The zero-order valence-electron chi connectivity index (χ0n) is 39.5. The third-order valence-electron chi connectivity index (χ3n) is 11.5. The Labute approximate surface area is 401 Å². The van der Waals surface area contributed by atoms with Gasteiger partial charge in [0.25, 0.3) is 0 Å². The van der Waals surface area contributed by atoms with Gasteiger partial charge in [-0.3, -0.25) is 62.8 Å². The van der Waals surface area contributed by atoms with Crippen molar-refractivity contribution in [1.82, 2.24) is 46.2 Å². The van der Waals surface area contributed by atoms with Crippen LogP contribution in [0.4, 0.5) is 0 Å². The molecule has 0 saturated carbocycles. The van der Waals surface area contributed by atoms with Crippen LogP contribution in [0.1, 0.15) is 56.7 Å². The maximum absolute atomic E-state index is 13.8. The molecule has 1 unspecified atom stereocenters. The van der Waals surface area contributed by atoms with Gasteiger partial charge >= 0.3 is 17.9 Å². The monoisotopic (exact) mass is 968 g/mol. The third-order valence-corrected chi connectivity index (χ3v) is 11.5. The van der Waals surface area contributed by atoms with Gasteiger partial charge in [0.15, 0.2) is 0 Å². The summed E-state index contributed by atoms with van der Waals surface area (Å²) in [6, 6.07) is 9.66. The molecule has 380 valence electrons. The van der Waals surface area contributed by atoms with E-state index in [1.807, 2.05) is 11.8 Å². The number of benzene rings is 2. The summed E-state index contributed by atoms with van der Waals surface area (Å²) >= 11 is 0. The number of carbonyl (C=O) groups excluding carboxylic acids is 6. The number of aromatic hydroxyl groups is 1. The highest BCUT2D eigenvalue weighted by molar-refractivity contribution is 5.94. The average Bonchev–Trinajstić information content (AvgIpc) is 3.28. The molecule has 1 fully saturated rings. The molecule has 4 atom stereocenters. The number of nitrogens with zero attached hydrogens (tertiary/aromatic N) is 4. The molecular formula is C46H68N10O13. The molecule has 6 amide bonds. The van der Waals surface area contributed by atoms with E-state index in [2.05, 4.69) is 26.6 Å². The Morgan fingerprint density at radius 2 is 1.01 bits per heavy atom. The molecule has 23 nitrogen and oxygen atoms in total. The van der Waals surface area contributed by atoms with Crippen LogP contribution in [0.5, 0.6) is 5.75 Å². The first kappa shape index (κ1) is 56.6. The van der Waals surface area contributed by atoms with Crippen LogP contribution < -0.4 is 32.3 Å². The van der Waals surface area contributed by atoms with E-state index in [0.717, 1.165) is 5.56 Å². The number of nitrogens with one attached hydrogen (secondary N) is 5. The number of carboxylic acids is 3. The van der Waals surface area contributed by atoms with Crippen molar-refractivity contribution in [1.29, 1.82) is 0 Å². The molecule has 1 aliphatic heterocycles. The number of hydrogen-bond acceptors (Lipinski definition) is 14. The Morgan fingerprint density at radius 1 is 0.580 bits per heavy atom. The second-order valence-electron chi connectivity index (χ2n) is 17.2. The lowest BCUT2D eigenvalue weighted by Gasteiger charge is -2.32. The summed E-state index contributed by atoms with van der Waals surface area (Å²) in [5.41, 5.74) is 7.44. The van der Waals surface area contributed by atoms with Gasteiger partial charge in [0.2, 0.25) is 35.4 Å². The number of carboxylic acid groups (broad SMARTS) is 3. The maximum Gasteiger partial charge on any atom is 0.317 e. The zero-order valence-corrected chi connectivity index (χ0v) is 39.5. The summed E-state index contributed by atoms with van der Waals surface area (Å²) in [6.45, 7) is 6.16. The third kappa shape index (κ3) is 22.3. The summed E-state index contributed by atoms with van der Waals surface area (Å²) < 4.78 is 0. The van der Waals surface area contributed by atoms with E-state index in [1.54, 1.807) is 58.0 Å². The summed E-state index contributed by atoms with van der Waals surface area (Å²) in [6.07, 6.45) is 0.166. The Kier molecular flexibility index (Phi) is 24.0. The molecule has 0 spiro atoms. The van der Waals surface area contributed by atoms with Gasteiger partial charge in [-0.2, -0.15) is 0 Å².